The number of allylic oxidation sites excluding steroid dienone is 1. The molecule has 2 heteroatoms. The van der Waals surface area contributed by atoms with Crippen LogP contribution in [0.2, 0.25) is 0 Å². The molecule has 1 spiro atoms. The van der Waals surface area contributed by atoms with Crippen molar-refractivity contribution in [3.8, 4) is 0 Å². The number of nitrogens with zero attached hydrogens (tertiary/aromatic N) is 1. The van der Waals surface area contributed by atoms with Gasteiger partial charge in [0, 0.05) is 18.6 Å². The van der Waals surface area contributed by atoms with Crippen LogP contribution in [0.3, 0.4) is 0 Å². The molecule has 0 amide bonds. The Balaban J connectivity index is 1.49. The van der Waals surface area contributed by atoms with Crippen LogP contribution in [-0.2, 0) is 0 Å². The predicted octanol–water partition coefficient (Wildman–Crippen LogP) is 4.21. The van der Waals surface area contributed by atoms with Crippen LogP contribution in [-0.4, -0.2) is 30.6 Å². The molecule has 1 saturated heterocycles. The average molecular weight is 329 g/mol. The van der Waals surface area contributed by atoms with Crippen LogP contribution >= 0.6 is 0 Å². The monoisotopic (exact) mass is 328 g/mol. The van der Waals surface area contributed by atoms with Crippen molar-refractivity contribution in [2.75, 3.05) is 13.6 Å². The first-order valence-corrected chi connectivity index (χ1v) is 10.6. The largest absolute Gasteiger partial charge is 0.327 e. The smallest absolute Gasteiger partial charge is 0.00982 e. The molecule has 5 aliphatic rings. The van der Waals surface area contributed by atoms with Gasteiger partial charge in [-0.15, -0.1) is 0 Å². The number of hydrogen-bond donors (Lipinski definition) is 1. The third-order valence-corrected chi connectivity index (χ3v) is 9.75. The SMILES string of the molecule is C[C@@H]1[C@@H]2CC[C@@H]3[C@@H]4CC=C5C[C@@H](N)CC[C@@]5(C)[C@H]4CC[C@]32CN1C. The minimum Gasteiger partial charge on any atom is -0.327 e. The summed E-state index contributed by atoms with van der Waals surface area (Å²) in [4.78, 5) is 2.68. The van der Waals surface area contributed by atoms with Crippen LogP contribution in [0.15, 0.2) is 11.6 Å². The first kappa shape index (κ1) is 15.9. The fraction of sp³-hybridized carbons (Fsp3) is 0.909. The lowest BCUT2D eigenvalue weighted by atomic mass is 9.47. The van der Waals surface area contributed by atoms with Gasteiger partial charge in [-0.25, -0.2) is 0 Å². The minimum atomic E-state index is 0.427. The lowest BCUT2D eigenvalue weighted by Gasteiger charge is -2.58. The highest BCUT2D eigenvalue weighted by Crippen LogP contribution is 2.68. The summed E-state index contributed by atoms with van der Waals surface area (Å²) in [5.41, 5.74) is 9.20. The molecular formula is C22H36N2. The maximum Gasteiger partial charge on any atom is 0.00982 e. The molecule has 4 aliphatic carbocycles. The Morgan fingerprint density at radius 2 is 1.88 bits per heavy atom. The normalized spacial score (nSPS) is 56.9. The van der Waals surface area contributed by atoms with Crippen molar-refractivity contribution in [2.24, 2.45) is 40.2 Å². The second-order valence-electron chi connectivity index (χ2n) is 10.4. The van der Waals surface area contributed by atoms with Gasteiger partial charge in [-0.2, -0.15) is 0 Å². The summed E-state index contributed by atoms with van der Waals surface area (Å²) in [6.45, 7) is 6.48. The Morgan fingerprint density at radius 3 is 2.71 bits per heavy atom. The number of fused-ring (bicyclic) bond motifs is 4. The van der Waals surface area contributed by atoms with Gasteiger partial charge in [0.1, 0.15) is 0 Å². The molecule has 0 aromatic rings. The van der Waals surface area contributed by atoms with E-state index in [2.05, 4.69) is 31.9 Å². The Morgan fingerprint density at radius 1 is 1.08 bits per heavy atom. The summed E-state index contributed by atoms with van der Waals surface area (Å²) in [6, 6.07) is 1.24. The highest BCUT2D eigenvalue weighted by Gasteiger charge is 2.63. The van der Waals surface area contributed by atoms with E-state index >= 15 is 0 Å². The van der Waals surface area contributed by atoms with E-state index in [9.17, 15) is 0 Å². The fourth-order valence-corrected chi connectivity index (χ4v) is 8.49. The van der Waals surface area contributed by atoms with Crippen molar-refractivity contribution >= 4 is 0 Å². The van der Waals surface area contributed by atoms with Crippen molar-refractivity contribution < 1.29 is 0 Å². The summed E-state index contributed by atoms with van der Waals surface area (Å²) in [7, 11) is 2.38. The topological polar surface area (TPSA) is 29.3 Å². The number of likely N-dealkylation sites (tertiary alicyclic amines) is 1. The lowest BCUT2D eigenvalue weighted by molar-refractivity contribution is -0.0397. The van der Waals surface area contributed by atoms with Gasteiger partial charge < -0.3 is 10.6 Å². The summed E-state index contributed by atoms with van der Waals surface area (Å²) in [6.07, 6.45) is 13.8. The second-order valence-corrected chi connectivity index (χ2v) is 10.4. The van der Waals surface area contributed by atoms with Gasteiger partial charge in [0.25, 0.3) is 0 Å². The van der Waals surface area contributed by atoms with Crippen molar-refractivity contribution in [1.82, 2.24) is 4.90 Å². The van der Waals surface area contributed by atoms with Crippen molar-refractivity contribution in [3.63, 3.8) is 0 Å². The van der Waals surface area contributed by atoms with E-state index in [0.717, 1.165) is 29.7 Å². The van der Waals surface area contributed by atoms with Crippen molar-refractivity contribution in [1.29, 1.82) is 0 Å². The molecule has 8 atom stereocenters. The highest BCUT2D eigenvalue weighted by atomic mass is 15.2. The molecule has 0 aromatic carbocycles. The van der Waals surface area contributed by atoms with E-state index < -0.39 is 0 Å². The fourth-order valence-electron chi connectivity index (χ4n) is 8.49. The molecule has 5 rings (SSSR count). The zero-order valence-corrected chi connectivity index (χ0v) is 15.9. The Hall–Kier alpha value is -0.340. The van der Waals surface area contributed by atoms with Gasteiger partial charge in [0.2, 0.25) is 0 Å². The Kier molecular flexibility index (Phi) is 3.37. The second kappa shape index (κ2) is 5.10. The van der Waals surface area contributed by atoms with Crippen molar-refractivity contribution in [3.05, 3.63) is 11.6 Å². The van der Waals surface area contributed by atoms with E-state index in [1.807, 2.05) is 0 Å². The molecule has 1 heterocycles. The standard InChI is InChI=1S/C22H36N2/c1-14-18-6-7-20-17-5-4-15-12-16(23)8-10-21(15,2)19(17)9-11-22(18,20)13-24(14)3/h4,14,16-20H,5-13,23H2,1-3H3/t14-,16+,17-,18+,19+,20-,21-,22-/m1/s1. The van der Waals surface area contributed by atoms with Gasteiger partial charge in [0.15, 0.2) is 0 Å². The van der Waals surface area contributed by atoms with Crippen LogP contribution in [0.1, 0.15) is 65.2 Å². The summed E-state index contributed by atoms with van der Waals surface area (Å²) in [5, 5.41) is 0. The third kappa shape index (κ3) is 1.85. The van der Waals surface area contributed by atoms with Crippen LogP contribution in [0.4, 0.5) is 0 Å². The zero-order chi connectivity index (χ0) is 16.7. The average Bonchev–Trinajstić information content (AvgIpc) is 3.03. The van der Waals surface area contributed by atoms with E-state index in [4.69, 9.17) is 5.73 Å². The van der Waals surface area contributed by atoms with Gasteiger partial charge >= 0.3 is 0 Å². The first-order valence-electron chi connectivity index (χ1n) is 10.6. The van der Waals surface area contributed by atoms with Crippen LogP contribution in [0.25, 0.3) is 0 Å². The Labute approximate surface area is 148 Å². The molecule has 1 aliphatic heterocycles. The molecule has 2 N–H and O–H groups in total. The van der Waals surface area contributed by atoms with Gasteiger partial charge in [-0.05, 0) is 99.8 Å². The Bertz CT molecular complexity index is 568. The summed E-state index contributed by atoms with van der Waals surface area (Å²) in [5.74, 6) is 3.89. The minimum absolute atomic E-state index is 0.427. The molecule has 0 bridgehead atoms. The summed E-state index contributed by atoms with van der Waals surface area (Å²) < 4.78 is 0. The number of nitrogens with two attached hydrogens (primary N) is 1. The third-order valence-electron chi connectivity index (χ3n) is 9.75. The molecule has 0 unspecified atom stereocenters. The molecule has 134 valence electrons. The van der Waals surface area contributed by atoms with E-state index in [0.29, 0.717) is 16.9 Å². The van der Waals surface area contributed by atoms with Crippen LogP contribution in [0, 0.1) is 34.5 Å². The van der Waals surface area contributed by atoms with Crippen molar-refractivity contribution in [2.45, 2.75) is 77.3 Å². The first-order chi connectivity index (χ1) is 11.5. The van der Waals surface area contributed by atoms with Gasteiger partial charge in [-0.1, -0.05) is 18.6 Å². The number of rotatable bonds is 0. The summed E-state index contributed by atoms with van der Waals surface area (Å²) >= 11 is 0. The van der Waals surface area contributed by atoms with Crippen LogP contribution < -0.4 is 5.73 Å². The van der Waals surface area contributed by atoms with E-state index in [-0.39, 0.29) is 0 Å². The van der Waals surface area contributed by atoms with Crippen LogP contribution in [0.5, 0.6) is 0 Å². The van der Waals surface area contributed by atoms with Gasteiger partial charge in [-0.3, -0.25) is 0 Å². The molecule has 24 heavy (non-hydrogen) atoms. The lowest BCUT2D eigenvalue weighted by Crippen LogP contribution is -2.52. The molecule has 2 nitrogen and oxygen atoms in total. The highest BCUT2D eigenvalue weighted by molar-refractivity contribution is 5.26. The molecule has 3 saturated carbocycles. The maximum atomic E-state index is 6.31. The predicted molar refractivity (Wildman–Crippen MR) is 99.6 cm³/mol. The molecule has 0 radical (unpaired) electrons. The number of hydrogen-bond acceptors (Lipinski definition) is 2. The molecule has 0 aromatic heterocycles. The quantitative estimate of drug-likeness (QED) is 0.675. The van der Waals surface area contributed by atoms with E-state index in [1.54, 1.807) is 5.57 Å². The maximum absolute atomic E-state index is 6.31. The molecule has 4 fully saturated rings. The van der Waals surface area contributed by atoms with E-state index in [1.165, 1.54) is 57.9 Å². The van der Waals surface area contributed by atoms with Gasteiger partial charge in [0.05, 0.1) is 0 Å². The molecular weight excluding hydrogens is 292 g/mol. The zero-order valence-electron chi connectivity index (χ0n) is 15.9.